The molecule has 6 rings (SSSR count). The Morgan fingerprint density at radius 2 is 1.91 bits per heavy atom. The van der Waals surface area contributed by atoms with Gasteiger partial charge >= 0.3 is 0 Å². The van der Waals surface area contributed by atoms with E-state index in [9.17, 15) is 9.90 Å². The van der Waals surface area contributed by atoms with Crippen LogP contribution in [0.3, 0.4) is 0 Å². The van der Waals surface area contributed by atoms with Crippen LogP contribution in [0.4, 0.5) is 0 Å². The lowest BCUT2D eigenvalue weighted by molar-refractivity contribution is -0.131. The highest BCUT2D eigenvalue weighted by atomic mass is 16.3. The fraction of sp³-hybridized carbons (Fsp3) is 0.815. The molecule has 0 bridgehead atoms. The minimum Gasteiger partial charge on any atom is -0.389 e. The molecule has 172 valence electrons. The first-order valence-corrected chi connectivity index (χ1v) is 13.1. The summed E-state index contributed by atoms with van der Waals surface area (Å²) in [6.07, 6.45) is 13.9. The molecule has 5 aliphatic carbocycles. The Morgan fingerprint density at radius 3 is 2.66 bits per heavy atom. The molecule has 1 N–H and O–H groups in total. The van der Waals surface area contributed by atoms with Crippen LogP contribution in [0.2, 0.25) is 0 Å². The molecule has 0 radical (unpaired) electrons. The van der Waals surface area contributed by atoms with E-state index in [0.717, 1.165) is 42.9 Å². The van der Waals surface area contributed by atoms with Crippen molar-refractivity contribution in [1.82, 2.24) is 9.78 Å². The molecule has 0 aliphatic heterocycles. The van der Waals surface area contributed by atoms with Crippen molar-refractivity contribution in [2.24, 2.45) is 52.8 Å². The highest BCUT2D eigenvalue weighted by molar-refractivity contribution is 5.82. The summed E-state index contributed by atoms with van der Waals surface area (Å²) in [5.41, 5.74) is 0.317. The lowest BCUT2D eigenvalue weighted by Crippen LogP contribution is -2.50. The first-order chi connectivity index (χ1) is 15.4. The number of fused-ring (bicyclic) bond motifs is 7. The summed E-state index contributed by atoms with van der Waals surface area (Å²) in [4.78, 5) is 13.3. The largest absolute Gasteiger partial charge is 0.389 e. The van der Waals surface area contributed by atoms with Gasteiger partial charge in [-0.2, -0.15) is 10.4 Å². The fourth-order valence-electron chi connectivity index (χ4n) is 9.92. The van der Waals surface area contributed by atoms with E-state index in [1.54, 1.807) is 17.1 Å². The van der Waals surface area contributed by atoms with E-state index in [4.69, 9.17) is 5.26 Å². The van der Waals surface area contributed by atoms with Gasteiger partial charge in [0.2, 0.25) is 0 Å². The number of nitriles is 1. The van der Waals surface area contributed by atoms with E-state index < -0.39 is 0 Å². The Balaban J connectivity index is 1.18. The molecule has 2 unspecified atom stereocenters. The normalized spacial score (nSPS) is 48.7. The molecule has 0 aromatic carbocycles. The summed E-state index contributed by atoms with van der Waals surface area (Å²) in [6.45, 7) is 4.97. The lowest BCUT2D eigenvalue weighted by Gasteiger charge is -2.56. The highest BCUT2D eigenvalue weighted by Crippen LogP contribution is 2.71. The summed E-state index contributed by atoms with van der Waals surface area (Å²) in [7, 11) is 0. The van der Waals surface area contributed by atoms with Gasteiger partial charge in [0.15, 0.2) is 5.78 Å². The number of aromatic nitrogens is 2. The van der Waals surface area contributed by atoms with Gasteiger partial charge in [0.1, 0.15) is 6.07 Å². The van der Waals surface area contributed by atoms with Crippen LogP contribution in [0.15, 0.2) is 12.4 Å². The van der Waals surface area contributed by atoms with Crippen molar-refractivity contribution in [3.63, 3.8) is 0 Å². The van der Waals surface area contributed by atoms with Crippen molar-refractivity contribution in [3.05, 3.63) is 18.0 Å². The summed E-state index contributed by atoms with van der Waals surface area (Å²) in [6, 6.07) is 2.10. The fourth-order valence-corrected chi connectivity index (χ4v) is 9.92. The van der Waals surface area contributed by atoms with Gasteiger partial charge in [-0.3, -0.25) is 9.48 Å². The van der Waals surface area contributed by atoms with Crippen LogP contribution in [0.1, 0.15) is 77.2 Å². The number of rotatable bonds is 4. The number of ketones is 1. The van der Waals surface area contributed by atoms with Crippen LogP contribution in [-0.2, 0) is 11.3 Å². The van der Waals surface area contributed by atoms with Gasteiger partial charge in [-0.05, 0) is 98.2 Å². The third-order valence-corrected chi connectivity index (χ3v) is 11.2. The summed E-state index contributed by atoms with van der Waals surface area (Å²) in [5.74, 6) is 5.38. The minimum atomic E-state index is -0.325. The molecule has 32 heavy (non-hydrogen) atoms. The van der Waals surface area contributed by atoms with Crippen LogP contribution in [0.25, 0.3) is 0 Å². The van der Waals surface area contributed by atoms with Gasteiger partial charge in [-0.1, -0.05) is 20.3 Å². The average molecular weight is 436 g/mol. The van der Waals surface area contributed by atoms with Gasteiger partial charge in [-0.25, -0.2) is 0 Å². The Bertz CT molecular complexity index is 964. The number of hydrogen-bond donors (Lipinski definition) is 1. The van der Waals surface area contributed by atoms with Crippen molar-refractivity contribution in [2.45, 2.75) is 83.8 Å². The molecule has 0 spiro atoms. The number of Topliss-reactive ketones (excluding diaryl/α,β-unsaturated/α-hetero) is 1. The average Bonchev–Trinajstić information content (AvgIpc) is 3.05. The molecular formula is C27H37N3O2. The Labute approximate surface area is 191 Å². The monoisotopic (exact) mass is 435 g/mol. The van der Waals surface area contributed by atoms with E-state index in [0.29, 0.717) is 35.6 Å². The van der Waals surface area contributed by atoms with Gasteiger partial charge in [0, 0.05) is 12.1 Å². The van der Waals surface area contributed by atoms with Crippen LogP contribution in [0.5, 0.6) is 0 Å². The predicted molar refractivity (Wildman–Crippen MR) is 120 cm³/mol. The van der Waals surface area contributed by atoms with Gasteiger partial charge < -0.3 is 5.11 Å². The zero-order valence-corrected chi connectivity index (χ0v) is 19.5. The maximum Gasteiger partial charge on any atom is 0.157 e. The third kappa shape index (κ3) is 2.77. The first-order valence-electron chi connectivity index (χ1n) is 13.1. The number of aliphatic hydroxyl groups is 1. The van der Waals surface area contributed by atoms with Crippen LogP contribution in [-0.4, -0.2) is 26.3 Å². The van der Waals surface area contributed by atoms with Crippen molar-refractivity contribution < 1.29 is 9.90 Å². The van der Waals surface area contributed by atoms with E-state index in [-0.39, 0.29) is 16.9 Å². The number of hydrogen-bond acceptors (Lipinski definition) is 4. The number of carbonyl (C=O) groups is 1. The SMILES string of the molecule is CCC1C2[C@@H]3CC[C@@H]4[C@H](CC[C@]5(C)[C@@H](C(=O)Cn6cc(C#N)cn6)CC[C@@H]45)[C@H]3CC[C@]12O. The smallest absolute Gasteiger partial charge is 0.157 e. The molecule has 5 heteroatoms. The summed E-state index contributed by atoms with van der Waals surface area (Å²) >= 11 is 0. The standard InChI is InChI=1S/C27H37N3O2/c1-3-21-25-20-5-4-19-17(18(20)9-11-27(21,25)32)8-10-26(2)22(19)6-7-23(26)24(31)15-30-14-16(12-28)13-29-30/h13-14,17-23,25,32H,3-11,15H2,1-2H3/t17-,18-,19-,20-,21?,22+,23-,25?,26+,27+/m1/s1. The second-order valence-electron chi connectivity index (χ2n) is 12.1. The maximum atomic E-state index is 13.3. The molecule has 5 saturated carbocycles. The molecule has 5 aliphatic rings. The molecule has 1 aromatic rings. The maximum absolute atomic E-state index is 13.3. The quantitative estimate of drug-likeness (QED) is 0.750. The zero-order valence-electron chi connectivity index (χ0n) is 19.5. The van der Waals surface area contributed by atoms with E-state index in [1.165, 1.54) is 38.5 Å². The zero-order chi connectivity index (χ0) is 22.3. The van der Waals surface area contributed by atoms with Gasteiger partial charge in [0.25, 0.3) is 0 Å². The molecule has 1 aromatic heterocycles. The van der Waals surface area contributed by atoms with Crippen LogP contribution >= 0.6 is 0 Å². The number of nitrogens with zero attached hydrogens (tertiary/aromatic N) is 3. The van der Waals surface area contributed by atoms with Gasteiger partial charge in [0.05, 0.1) is 23.9 Å². The van der Waals surface area contributed by atoms with Crippen molar-refractivity contribution in [2.75, 3.05) is 0 Å². The molecule has 5 nitrogen and oxygen atoms in total. The Morgan fingerprint density at radius 1 is 1.16 bits per heavy atom. The molecular weight excluding hydrogens is 398 g/mol. The molecule has 10 atom stereocenters. The highest BCUT2D eigenvalue weighted by Gasteiger charge is 2.70. The van der Waals surface area contributed by atoms with Crippen molar-refractivity contribution >= 4 is 5.78 Å². The van der Waals surface area contributed by atoms with Gasteiger partial charge in [-0.15, -0.1) is 0 Å². The van der Waals surface area contributed by atoms with E-state index in [1.807, 2.05) is 0 Å². The Kier molecular flexibility index (Phi) is 4.68. The summed E-state index contributed by atoms with van der Waals surface area (Å²) < 4.78 is 1.65. The first kappa shape index (κ1) is 20.9. The number of carbonyl (C=O) groups excluding carboxylic acids is 1. The van der Waals surface area contributed by atoms with Crippen molar-refractivity contribution in [3.8, 4) is 6.07 Å². The van der Waals surface area contributed by atoms with E-state index in [2.05, 4.69) is 25.0 Å². The van der Waals surface area contributed by atoms with Crippen molar-refractivity contribution in [1.29, 1.82) is 5.26 Å². The van der Waals surface area contributed by atoms with Crippen LogP contribution in [0, 0.1) is 64.1 Å². The summed E-state index contributed by atoms with van der Waals surface area (Å²) in [5, 5.41) is 24.4. The second-order valence-corrected chi connectivity index (χ2v) is 12.1. The minimum absolute atomic E-state index is 0.122. The third-order valence-electron chi connectivity index (χ3n) is 11.2. The topological polar surface area (TPSA) is 78.9 Å². The Hall–Kier alpha value is -1.67. The molecule has 0 amide bonds. The van der Waals surface area contributed by atoms with E-state index >= 15 is 0 Å². The molecule has 5 fully saturated rings. The van der Waals surface area contributed by atoms with Crippen LogP contribution < -0.4 is 0 Å². The predicted octanol–water partition coefficient (Wildman–Crippen LogP) is 4.59. The second kappa shape index (κ2) is 7.16. The molecule has 1 heterocycles. The lowest BCUT2D eigenvalue weighted by atomic mass is 9.49. The molecule has 0 saturated heterocycles.